The Morgan fingerprint density at radius 2 is 1.76 bits per heavy atom. The third-order valence-electron chi connectivity index (χ3n) is 3.12. The molecule has 21 heavy (non-hydrogen) atoms. The van der Waals surface area contributed by atoms with Crippen LogP contribution in [0.3, 0.4) is 0 Å². The zero-order valence-corrected chi connectivity index (χ0v) is 12.9. The van der Waals surface area contributed by atoms with Crippen LogP contribution in [0.25, 0.3) is 0 Å². The summed E-state index contributed by atoms with van der Waals surface area (Å²) >= 11 is 0. The molecule has 1 aromatic carbocycles. The smallest absolute Gasteiger partial charge is 0.287 e. The SMILES string of the molecule is Cc1ccc(C(=O)NC(C)c2ccc(S(C)(=O)=O)cc2)o1. The lowest BCUT2D eigenvalue weighted by atomic mass is 10.1. The number of rotatable bonds is 4. The molecule has 0 bridgehead atoms. The van der Waals surface area contributed by atoms with Gasteiger partial charge in [0, 0.05) is 6.26 Å². The van der Waals surface area contributed by atoms with Gasteiger partial charge in [0.1, 0.15) is 5.76 Å². The van der Waals surface area contributed by atoms with E-state index in [2.05, 4.69) is 5.32 Å². The van der Waals surface area contributed by atoms with Crippen molar-refractivity contribution in [3.8, 4) is 0 Å². The van der Waals surface area contributed by atoms with Crippen LogP contribution in [0.15, 0.2) is 45.7 Å². The third-order valence-corrected chi connectivity index (χ3v) is 4.25. The quantitative estimate of drug-likeness (QED) is 0.941. The van der Waals surface area contributed by atoms with E-state index in [1.165, 1.54) is 12.1 Å². The minimum atomic E-state index is -3.21. The lowest BCUT2D eigenvalue weighted by molar-refractivity contribution is 0.0910. The number of benzene rings is 1. The predicted molar refractivity (Wildman–Crippen MR) is 78.9 cm³/mol. The molecule has 1 aromatic heterocycles. The number of sulfone groups is 1. The average Bonchev–Trinajstić information content (AvgIpc) is 2.84. The summed E-state index contributed by atoms with van der Waals surface area (Å²) in [5, 5.41) is 2.80. The van der Waals surface area contributed by atoms with Crippen molar-refractivity contribution in [3.05, 3.63) is 53.5 Å². The van der Waals surface area contributed by atoms with Crippen LogP contribution in [0.4, 0.5) is 0 Å². The van der Waals surface area contributed by atoms with Crippen LogP contribution in [0.1, 0.15) is 34.8 Å². The van der Waals surface area contributed by atoms with Crippen LogP contribution >= 0.6 is 0 Å². The van der Waals surface area contributed by atoms with Crippen molar-refractivity contribution in [3.63, 3.8) is 0 Å². The van der Waals surface area contributed by atoms with E-state index in [-0.39, 0.29) is 22.6 Å². The molecule has 1 atom stereocenters. The minimum Gasteiger partial charge on any atom is -0.456 e. The Morgan fingerprint density at radius 3 is 2.24 bits per heavy atom. The Kier molecular flexibility index (Phi) is 4.18. The second-order valence-electron chi connectivity index (χ2n) is 4.95. The molecule has 0 aliphatic rings. The van der Waals surface area contributed by atoms with E-state index in [1.54, 1.807) is 31.2 Å². The zero-order valence-electron chi connectivity index (χ0n) is 12.1. The molecule has 0 fully saturated rings. The number of hydrogen-bond donors (Lipinski definition) is 1. The lowest BCUT2D eigenvalue weighted by Gasteiger charge is -2.13. The summed E-state index contributed by atoms with van der Waals surface area (Å²) in [6, 6.07) is 9.53. The van der Waals surface area contributed by atoms with E-state index in [0.29, 0.717) is 5.76 Å². The third kappa shape index (κ3) is 3.72. The Bertz CT molecular complexity index is 744. The Balaban J connectivity index is 2.10. The number of carbonyl (C=O) groups excluding carboxylic acids is 1. The van der Waals surface area contributed by atoms with Gasteiger partial charge < -0.3 is 9.73 Å². The molecule has 2 rings (SSSR count). The first kappa shape index (κ1) is 15.3. The summed E-state index contributed by atoms with van der Waals surface area (Å²) in [5.74, 6) is 0.625. The van der Waals surface area contributed by atoms with Crippen molar-refractivity contribution in [2.45, 2.75) is 24.8 Å². The molecule has 1 unspecified atom stereocenters. The number of carbonyl (C=O) groups is 1. The van der Waals surface area contributed by atoms with Crippen LogP contribution in [0.2, 0.25) is 0 Å². The summed E-state index contributed by atoms with van der Waals surface area (Å²) in [5.41, 5.74) is 0.819. The minimum absolute atomic E-state index is 0.253. The van der Waals surface area contributed by atoms with E-state index in [9.17, 15) is 13.2 Å². The van der Waals surface area contributed by atoms with E-state index in [4.69, 9.17) is 4.42 Å². The van der Waals surface area contributed by atoms with E-state index >= 15 is 0 Å². The van der Waals surface area contributed by atoms with E-state index in [0.717, 1.165) is 11.8 Å². The van der Waals surface area contributed by atoms with Gasteiger partial charge in [-0.15, -0.1) is 0 Å². The lowest BCUT2D eigenvalue weighted by Crippen LogP contribution is -2.26. The average molecular weight is 307 g/mol. The first-order valence-corrected chi connectivity index (χ1v) is 8.34. The Morgan fingerprint density at radius 1 is 1.14 bits per heavy atom. The molecular weight excluding hydrogens is 290 g/mol. The van der Waals surface area contributed by atoms with Crippen LogP contribution in [-0.4, -0.2) is 20.6 Å². The highest BCUT2D eigenvalue weighted by molar-refractivity contribution is 7.90. The van der Waals surface area contributed by atoms with Gasteiger partial charge in [-0.2, -0.15) is 0 Å². The van der Waals surface area contributed by atoms with Gasteiger partial charge in [0.05, 0.1) is 10.9 Å². The molecule has 1 N–H and O–H groups in total. The van der Waals surface area contributed by atoms with Crippen molar-refractivity contribution in [2.24, 2.45) is 0 Å². The zero-order chi connectivity index (χ0) is 15.6. The molecule has 1 amide bonds. The molecule has 0 radical (unpaired) electrons. The fourth-order valence-electron chi connectivity index (χ4n) is 1.91. The molecule has 5 nitrogen and oxygen atoms in total. The Labute approximate surface area is 123 Å². The van der Waals surface area contributed by atoms with Gasteiger partial charge in [-0.1, -0.05) is 12.1 Å². The van der Waals surface area contributed by atoms with E-state index in [1.807, 2.05) is 6.92 Å². The maximum atomic E-state index is 12.0. The van der Waals surface area contributed by atoms with Crippen LogP contribution in [-0.2, 0) is 9.84 Å². The number of furan rings is 1. The molecule has 0 saturated carbocycles. The second-order valence-corrected chi connectivity index (χ2v) is 6.96. The van der Waals surface area contributed by atoms with Gasteiger partial charge >= 0.3 is 0 Å². The van der Waals surface area contributed by atoms with Crippen LogP contribution in [0, 0.1) is 6.92 Å². The van der Waals surface area contributed by atoms with Gasteiger partial charge in [0.25, 0.3) is 5.91 Å². The molecule has 0 aliphatic carbocycles. The summed E-state index contributed by atoms with van der Waals surface area (Å²) in [7, 11) is -3.21. The largest absolute Gasteiger partial charge is 0.456 e. The van der Waals surface area contributed by atoms with Crippen LogP contribution < -0.4 is 5.32 Å². The molecule has 2 aromatic rings. The Hall–Kier alpha value is -2.08. The first-order chi connectivity index (χ1) is 9.77. The normalized spacial score (nSPS) is 12.9. The fourth-order valence-corrected chi connectivity index (χ4v) is 2.54. The van der Waals surface area contributed by atoms with Gasteiger partial charge in [0.15, 0.2) is 15.6 Å². The number of amides is 1. The van der Waals surface area contributed by atoms with Gasteiger partial charge in [-0.25, -0.2) is 8.42 Å². The monoisotopic (exact) mass is 307 g/mol. The van der Waals surface area contributed by atoms with Crippen LogP contribution in [0.5, 0.6) is 0 Å². The molecule has 0 spiro atoms. The summed E-state index contributed by atoms with van der Waals surface area (Å²) in [4.78, 5) is 12.2. The van der Waals surface area contributed by atoms with E-state index < -0.39 is 9.84 Å². The van der Waals surface area contributed by atoms with Gasteiger partial charge in [0.2, 0.25) is 0 Å². The number of hydrogen-bond acceptors (Lipinski definition) is 4. The highest BCUT2D eigenvalue weighted by Gasteiger charge is 2.15. The fraction of sp³-hybridized carbons (Fsp3) is 0.267. The van der Waals surface area contributed by atoms with Crippen molar-refractivity contribution in [2.75, 3.05) is 6.26 Å². The molecule has 6 heteroatoms. The molecule has 1 heterocycles. The van der Waals surface area contributed by atoms with Crippen molar-refractivity contribution >= 4 is 15.7 Å². The highest BCUT2D eigenvalue weighted by atomic mass is 32.2. The summed E-state index contributed by atoms with van der Waals surface area (Å²) in [6.07, 6.45) is 1.16. The number of nitrogens with one attached hydrogen (secondary N) is 1. The second kappa shape index (κ2) is 5.73. The van der Waals surface area contributed by atoms with Crippen molar-refractivity contribution in [1.82, 2.24) is 5.32 Å². The van der Waals surface area contributed by atoms with Gasteiger partial charge in [-0.05, 0) is 43.7 Å². The maximum absolute atomic E-state index is 12.0. The summed E-state index contributed by atoms with van der Waals surface area (Å²) < 4.78 is 28.0. The first-order valence-electron chi connectivity index (χ1n) is 6.44. The predicted octanol–water partition coefficient (Wildman–Crippen LogP) is 2.48. The maximum Gasteiger partial charge on any atom is 0.287 e. The van der Waals surface area contributed by atoms with Gasteiger partial charge in [-0.3, -0.25) is 4.79 Å². The highest BCUT2D eigenvalue weighted by Crippen LogP contribution is 2.17. The van der Waals surface area contributed by atoms with Crippen molar-refractivity contribution in [1.29, 1.82) is 0 Å². The standard InChI is InChI=1S/C15H17NO4S/c1-10-4-9-14(20-10)15(17)16-11(2)12-5-7-13(8-6-12)21(3,18)19/h4-9,11H,1-3H3,(H,16,17). The number of aryl methyl sites for hydroxylation is 1. The summed E-state index contributed by atoms with van der Waals surface area (Å²) in [6.45, 7) is 3.59. The molecule has 112 valence electrons. The topological polar surface area (TPSA) is 76.4 Å². The molecule has 0 saturated heterocycles. The van der Waals surface area contributed by atoms with Crippen molar-refractivity contribution < 1.29 is 17.6 Å². The molecular formula is C15H17NO4S. The molecule has 0 aliphatic heterocycles.